The third-order valence-corrected chi connectivity index (χ3v) is 4.29. The maximum absolute atomic E-state index is 12.1. The van der Waals surface area contributed by atoms with Crippen LogP contribution in [0.15, 0.2) is 10.2 Å². The minimum atomic E-state index is -0.933. The molecule has 6 nitrogen and oxygen atoms in total. The summed E-state index contributed by atoms with van der Waals surface area (Å²) in [6.45, 7) is 7.22. The lowest BCUT2D eigenvalue weighted by Crippen LogP contribution is -2.29. The van der Waals surface area contributed by atoms with E-state index in [4.69, 9.17) is 0 Å². The molecule has 2 aromatic heterocycles. The molecule has 2 heterocycles. The number of rotatable bonds is 4. The molecule has 1 atom stereocenters. The summed E-state index contributed by atoms with van der Waals surface area (Å²) in [5.74, 6) is -1.64. The van der Waals surface area contributed by atoms with Gasteiger partial charge in [-0.15, -0.1) is 11.3 Å². The molecule has 2 aromatic rings. The van der Waals surface area contributed by atoms with Crippen molar-refractivity contribution in [3.05, 3.63) is 43.5 Å². The van der Waals surface area contributed by atoms with Crippen LogP contribution in [-0.2, 0) is 11.3 Å². The normalized spacial score (nSPS) is 12.4. The van der Waals surface area contributed by atoms with Gasteiger partial charge in [0.15, 0.2) is 0 Å². The highest BCUT2D eigenvalue weighted by atomic mass is 32.1. The third kappa shape index (κ3) is 3.02. The lowest BCUT2D eigenvalue weighted by molar-refractivity contribution is -0.138. The van der Waals surface area contributed by atoms with E-state index in [1.165, 1.54) is 15.9 Å². The van der Waals surface area contributed by atoms with E-state index >= 15 is 0 Å². The molecule has 21 heavy (non-hydrogen) atoms. The number of aromatic nitrogens is 3. The molecule has 0 aromatic carbocycles. The van der Waals surface area contributed by atoms with Gasteiger partial charge in [-0.1, -0.05) is 0 Å². The fraction of sp³-hybridized carbons (Fsp3) is 0.429. The Morgan fingerprint density at radius 3 is 2.57 bits per heavy atom. The van der Waals surface area contributed by atoms with Crippen molar-refractivity contribution in [3.63, 3.8) is 0 Å². The van der Waals surface area contributed by atoms with E-state index in [1.54, 1.807) is 20.8 Å². The first-order valence-corrected chi connectivity index (χ1v) is 7.41. The van der Waals surface area contributed by atoms with E-state index in [-0.39, 0.29) is 5.69 Å². The zero-order chi connectivity index (χ0) is 15.7. The van der Waals surface area contributed by atoms with E-state index in [9.17, 15) is 14.7 Å². The molecule has 1 N–H and O–H groups in total. The Kier molecular flexibility index (Phi) is 4.22. The van der Waals surface area contributed by atoms with Crippen molar-refractivity contribution < 1.29 is 9.90 Å². The highest BCUT2D eigenvalue weighted by Crippen LogP contribution is 2.22. The molecular weight excluding hydrogens is 290 g/mol. The third-order valence-electron chi connectivity index (χ3n) is 3.47. The molecule has 0 radical (unpaired) electrons. The molecule has 0 aliphatic carbocycles. The summed E-state index contributed by atoms with van der Waals surface area (Å²) in [5, 5.41) is 12.0. The molecule has 112 valence electrons. The van der Waals surface area contributed by atoms with Crippen molar-refractivity contribution in [2.45, 2.75) is 40.2 Å². The molecule has 0 aliphatic rings. The largest absolute Gasteiger partial charge is 0.481 e. The van der Waals surface area contributed by atoms with E-state index < -0.39 is 11.9 Å². The van der Waals surface area contributed by atoms with Crippen LogP contribution in [-0.4, -0.2) is 25.6 Å². The number of thiazole rings is 1. The van der Waals surface area contributed by atoms with Crippen LogP contribution < -0.4 is 5.69 Å². The predicted octanol–water partition coefficient (Wildman–Crippen LogP) is 1.86. The van der Waals surface area contributed by atoms with Crippen molar-refractivity contribution in [2.75, 3.05) is 0 Å². The average molecular weight is 307 g/mol. The second-order valence-corrected chi connectivity index (χ2v) is 6.05. The molecule has 0 aliphatic heterocycles. The number of aryl methyl sites for hydroxylation is 2. The van der Waals surface area contributed by atoms with Crippen LogP contribution in [0.3, 0.4) is 0 Å². The summed E-state index contributed by atoms with van der Waals surface area (Å²) in [5.41, 5.74) is 2.10. The molecule has 1 unspecified atom stereocenters. The Morgan fingerprint density at radius 2 is 2.05 bits per heavy atom. The van der Waals surface area contributed by atoms with Crippen molar-refractivity contribution in [3.8, 4) is 0 Å². The van der Waals surface area contributed by atoms with Gasteiger partial charge >= 0.3 is 11.7 Å². The van der Waals surface area contributed by atoms with Crippen LogP contribution in [0, 0.1) is 20.8 Å². The maximum Gasteiger partial charge on any atom is 0.348 e. The summed E-state index contributed by atoms with van der Waals surface area (Å²) < 4.78 is 1.48. The van der Waals surface area contributed by atoms with E-state index in [1.807, 2.05) is 12.3 Å². The van der Waals surface area contributed by atoms with Gasteiger partial charge in [0, 0.05) is 22.3 Å². The Hall–Kier alpha value is -2.02. The number of hydrogen-bond acceptors (Lipinski definition) is 5. The Balaban J connectivity index is 2.53. The first kappa shape index (κ1) is 15.4. The van der Waals surface area contributed by atoms with E-state index in [0.29, 0.717) is 23.5 Å². The molecule has 0 saturated heterocycles. The molecule has 0 bridgehead atoms. The van der Waals surface area contributed by atoms with Gasteiger partial charge in [0.2, 0.25) is 0 Å². The highest BCUT2D eigenvalue weighted by Gasteiger charge is 2.22. The van der Waals surface area contributed by atoms with Crippen molar-refractivity contribution in [1.29, 1.82) is 0 Å². The van der Waals surface area contributed by atoms with Crippen molar-refractivity contribution in [2.24, 2.45) is 0 Å². The van der Waals surface area contributed by atoms with Crippen LogP contribution in [0.1, 0.15) is 40.5 Å². The lowest BCUT2D eigenvalue weighted by atomic mass is 9.98. The van der Waals surface area contributed by atoms with Gasteiger partial charge in [0.05, 0.1) is 23.2 Å². The standard InChI is InChI=1S/C14H17N3O3S/c1-7(13(18)19)12-8(2)15-14(20)17(9(12)3)5-11-6-21-10(4)16-11/h6-7H,5H2,1-4H3,(H,18,19). The second kappa shape index (κ2) is 5.77. The summed E-state index contributed by atoms with van der Waals surface area (Å²) in [6.07, 6.45) is 0. The van der Waals surface area contributed by atoms with Crippen LogP contribution in [0.2, 0.25) is 0 Å². The smallest absolute Gasteiger partial charge is 0.348 e. The number of carboxylic acid groups (broad SMARTS) is 1. The van der Waals surface area contributed by atoms with E-state index in [0.717, 1.165) is 10.7 Å². The van der Waals surface area contributed by atoms with Crippen LogP contribution in [0.5, 0.6) is 0 Å². The van der Waals surface area contributed by atoms with E-state index in [2.05, 4.69) is 9.97 Å². The Morgan fingerprint density at radius 1 is 1.38 bits per heavy atom. The number of nitrogens with zero attached hydrogens (tertiary/aromatic N) is 3. The van der Waals surface area contributed by atoms with Gasteiger partial charge in [0.1, 0.15) is 0 Å². The highest BCUT2D eigenvalue weighted by molar-refractivity contribution is 7.09. The molecule has 0 fully saturated rings. The molecule has 2 rings (SSSR count). The maximum atomic E-state index is 12.1. The number of carbonyl (C=O) groups is 1. The zero-order valence-corrected chi connectivity index (χ0v) is 13.2. The predicted molar refractivity (Wildman–Crippen MR) is 80.0 cm³/mol. The fourth-order valence-corrected chi connectivity index (χ4v) is 3.00. The van der Waals surface area contributed by atoms with Gasteiger partial charge in [-0.2, -0.15) is 4.98 Å². The van der Waals surface area contributed by atoms with Gasteiger partial charge in [0.25, 0.3) is 0 Å². The van der Waals surface area contributed by atoms with Crippen molar-refractivity contribution in [1.82, 2.24) is 14.5 Å². The fourth-order valence-electron chi connectivity index (χ4n) is 2.39. The summed E-state index contributed by atoms with van der Waals surface area (Å²) in [6, 6.07) is 0. The second-order valence-electron chi connectivity index (χ2n) is 4.98. The Bertz CT molecular complexity index is 748. The average Bonchev–Trinajstić information content (AvgIpc) is 2.79. The lowest BCUT2D eigenvalue weighted by Gasteiger charge is -2.17. The van der Waals surface area contributed by atoms with Gasteiger partial charge in [-0.3, -0.25) is 9.36 Å². The molecule has 7 heteroatoms. The van der Waals surface area contributed by atoms with Gasteiger partial charge in [-0.05, 0) is 27.7 Å². The summed E-state index contributed by atoms with van der Waals surface area (Å²) in [7, 11) is 0. The minimum absolute atomic E-state index is 0.307. The van der Waals surface area contributed by atoms with Crippen LogP contribution in [0.25, 0.3) is 0 Å². The van der Waals surface area contributed by atoms with Gasteiger partial charge < -0.3 is 5.11 Å². The van der Waals surface area contributed by atoms with Crippen molar-refractivity contribution >= 4 is 17.3 Å². The molecule has 0 saturated carbocycles. The quantitative estimate of drug-likeness (QED) is 0.932. The molecule has 0 spiro atoms. The molecular formula is C14H17N3O3S. The summed E-state index contributed by atoms with van der Waals surface area (Å²) in [4.78, 5) is 31.6. The first-order valence-electron chi connectivity index (χ1n) is 6.53. The number of aliphatic carboxylic acids is 1. The summed E-state index contributed by atoms with van der Waals surface area (Å²) >= 11 is 1.51. The SMILES string of the molecule is Cc1nc(Cn2c(C)c(C(C)C(=O)O)c(C)nc2=O)cs1. The van der Waals surface area contributed by atoms with Crippen LogP contribution in [0.4, 0.5) is 0 Å². The van der Waals surface area contributed by atoms with Crippen LogP contribution >= 0.6 is 11.3 Å². The molecule has 0 amide bonds. The number of hydrogen-bond donors (Lipinski definition) is 1. The topological polar surface area (TPSA) is 85.1 Å². The monoisotopic (exact) mass is 307 g/mol. The number of carboxylic acids is 1. The van der Waals surface area contributed by atoms with Gasteiger partial charge in [-0.25, -0.2) is 9.78 Å². The zero-order valence-electron chi connectivity index (χ0n) is 12.4. The Labute approximate surface area is 126 Å². The minimum Gasteiger partial charge on any atom is -0.481 e. The first-order chi connectivity index (χ1) is 9.81.